The van der Waals surface area contributed by atoms with Crippen molar-refractivity contribution in [1.29, 1.82) is 0 Å². The molecule has 0 heterocycles. The topological polar surface area (TPSA) is 0 Å². The van der Waals surface area contributed by atoms with Crippen molar-refractivity contribution in [3.8, 4) is 11.1 Å². The van der Waals surface area contributed by atoms with E-state index in [0.717, 1.165) is 6.42 Å². The standard InChI is InChI=1S/C24H32/c1-7-23(4,5)19-10-12-21-17(15-19)14-18-16-20(11-13-22(18)21)24(6,8-2)9-3/h10-13,15-16H,7-9,14H2,1-6H3. The fraction of sp³-hybridized carbons (Fsp3) is 0.500. The summed E-state index contributed by atoms with van der Waals surface area (Å²) in [5.41, 5.74) is 9.47. The minimum Gasteiger partial charge on any atom is -0.0646 e. The highest BCUT2D eigenvalue weighted by Gasteiger charge is 2.27. The Morgan fingerprint density at radius 2 is 1.21 bits per heavy atom. The molecule has 0 aliphatic heterocycles. The first-order valence-electron chi connectivity index (χ1n) is 9.62. The summed E-state index contributed by atoms with van der Waals surface area (Å²) >= 11 is 0. The monoisotopic (exact) mass is 320 g/mol. The summed E-state index contributed by atoms with van der Waals surface area (Å²) in [7, 11) is 0. The second kappa shape index (κ2) is 6.06. The van der Waals surface area contributed by atoms with Crippen molar-refractivity contribution in [3.05, 3.63) is 58.7 Å². The minimum absolute atomic E-state index is 0.262. The zero-order valence-corrected chi connectivity index (χ0v) is 16.3. The van der Waals surface area contributed by atoms with Gasteiger partial charge in [-0.3, -0.25) is 0 Å². The Bertz CT molecular complexity index is 745. The van der Waals surface area contributed by atoms with Crippen LogP contribution >= 0.6 is 0 Å². The van der Waals surface area contributed by atoms with Gasteiger partial charge < -0.3 is 0 Å². The second-order valence-electron chi connectivity index (χ2n) is 8.43. The highest BCUT2D eigenvalue weighted by molar-refractivity contribution is 5.77. The van der Waals surface area contributed by atoms with Crippen molar-refractivity contribution >= 4 is 0 Å². The SMILES string of the molecule is CCC(C)(C)c1ccc2c(c1)Cc1cc(C(C)(CC)CC)ccc1-2. The molecule has 0 nitrogen and oxygen atoms in total. The van der Waals surface area contributed by atoms with Crippen LogP contribution in [0.2, 0.25) is 0 Å². The van der Waals surface area contributed by atoms with Gasteiger partial charge in [-0.05, 0) is 69.9 Å². The smallest absolute Gasteiger partial charge is 0.00132 e. The number of rotatable bonds is 5. The summed E-state index contributed by atoms with van der Waals surface area (Å²) in [6.45, 7) is 14.0. The normalized spacial score (nSPS) is 13.8. The molecule has 1 aliphatic carbocycles. The van der Waals surface area contributed by atoms with Gasteiger partial charge in [-0.2, -0.15) is 0 Å². The Morgan fingerprint density at radius 1 is 0.708 bits per heavy atom. The summed E-state index contributed by atoms with van der Waals surface area (Å²) in [5.74, 6) is 0. The van der Waals surface area contributed by atoms with Crippen LogP contribution in [0.1, 0.15) is 83.1 Å². The Labute approximate surface area is 148 Å². The largest absolute Gasteiger partial charge is 0.0646 e. The number of fused-ring (bicyclic) bond motifs is 3. The lowest BCUT2D eigenvalue weighted by molar-refractivity contribution is 0.438. The molecule has 1 aliphatic rings. The molecule has 0 amide bonds. The van der Waals surface area contributed by atoms with Crippen LogP contribution < -0.4 is 0 Å². The molecule has 0 saturated carbocycles. The first kappa shape index (κ1) is 17.3. The van der Waals surface area contributed by atoms with E-state index >= 15 is 0 Å². The van der Waals surface area contributed by atoms with Crippen LogP contribution in [0.15, 0.2) is 36.4 Å². The Morgan fingerprint density at radius 3 is 1.71 bits per heavy atom. The Kier molecular flexibility index (Phi) is 4.36. The van der Waals surface area contributed by atoms with Crippen LogP contribution in [0.4, 0.5) is 0 Å². The maximum Gasteiger partial charge on any atom is -0.00132 e. The molecule has 0 atom stereocenters. The quantitative estimate of drug-likeness (QED) is 0.473. The molecule has 2 aromatic rings. The molecule has 0 unspecified atom stereocenters. The molecule has 0 N–H and O–H groups in total. The lowest BCUT2D eigenvalue weighted by Gasteiger charge is -2.28. The molecule has 0 bridgehead atoms. The first-order chi connectivity index (χ1) is 11.3. The molecule has 0 heteroatoms. The van der Waals surface area contributed by atoms with Crippen LogP contribution in [-0.2, 0) is 17.3 Å². The Hall–Kier alpha value is -1.56. The molecule has 128 valence electrons. The first-order valence-corrected chi connectivity index (χ1v) is 9.62. The lowest BCUT2D eigenvalue weighted by Crippen LogP contribution is -2.19. The average Bonchev–Trinajstić information content (AvgIpc) is 2.97. The second-order valence-corrected chi connectivity index (χ2v) is 8.43. The van der Waals surface area contributed by atoms with Crippen molar-refractivity contribution in [1.82, 2.24) is 0 Å². The van der Waals surface area contributed by atoms with Crippen LogP contribution in [0.25, 0.3) is 11.1 Å². The van der Waals surface area contributed by atoms with Gasteiger partial charge in [-0.15, -0.1) is 0 Å². The molecular weight excluding hydrogens is 288 g/mol. The predicted molar refractivity (Wildman–Crippen MR) is 106 cm³/mol. The summed E-state index contributed by atoms with van der Waals surface area (Å²) in [6, 6.07) is 14.4. The zero-order chi connectivity index (χ0) is 17.5. The van der Waals surface area contributed by atoms with Gasteiger partial charge in [0.1, 0.15) is 0 Å². The number of hydrogen-bond acceptors (Lipinski definition) is 0. The van der Waals surface area contributed by atoms with E-state index in [4.69, 9.17) is 0 Å². The Balaban J connectivity index is 2.01. The van der Waals surface area contributed by atoms with Crippen LogP contribution in [0.5, 0.6) is 0 Å². The van der Waals surface area contributed by atoms with Crippen molar-refractivity contribution in [2.45, 2.75) is 78.1 Å². The molecule has 0 aromatic heterocycles. The molecule has 0 radical (unpaired) electrons. The van der Waals surface area contributed by atoms with E-state index in [2.05, 4.69) is 77.9 Å². The fourth-order valence-electron chi connectivity index (χ4n) is 3.87. The van der Waals surface area contributed by atoms with E-state index in [1.807, 2.05) is 0 Å². The molecule has 2 aromatic carbocycles. The van der Waals surface area contributed by atoms with Crippen molar-refractivity contribution in [2.75, 3.05) is 0 Å². The van der Waals surface area contributed by atoms with Gasteiger partial charge in [0, 0.05) is 0 Å². The predicted octanol–water partition coefficient (Wildman–Crippen LogP) is 7.02. The molecule has 3 rings (SSSR count). The van der Waals surface area contributed by atoms with Crippen molar-refractivity contribution in [3.63, 3.8) is 0 Å². The molecule has 24 heavy (non-hydrogen) atoms. The van der Waals surface area contributed by atoms with Gasteiger partial charge in [-0.25, -0.2) is 0 Å². The van der Waals surface area contributed by atoms with Crippen LogP contribution in [0, 0.1) is 0 Å². The summed E-state index contributed by atoms with van der Waals surface area (Å²) in [6.07, 6.45) is 4.66. The fourth-order valence-corrected chi connectivity index (χ4v) is 3.87. The zero-order valence-electron chi connectivity index (χ0n) is 16.3. The molecule has 0 spiro atoms. The van der Waals surface area contributed by atoms with Crippen molar-refractivity contribution in [2.24, 2.45) is 0 Å². The van der Waals surface area contributed by atoms with Crippen LogP contribution in [-0.4, -0.2) is 0 Å². The van der Waals surface area contributed by atoms with E-state index in [0.29, 0.717) is 5.41 Å². The summed E-state index contributed by atoms with van der Waals surface area (Å²) in [5, 5.41) is 0. The van der Waals surface area contributed by atoms with E-state index in [1.54, 1.807) is 0 Å². The number of hydrogen-bond donors (Lipinski definition) is 0. The molecule has 0 fully saturated rings. The maximum absolute atomic E-state index is 2.48. The van der Waals surface area contributed by atoms with E-state index < -0.39 is 0 Å². The molecular formula is C24H32. The average molecular weight is 321 g/mol. The number of benzene rings is 2. The maximum atomic E-state index is 2.48. The van der Waals surface area contributed by atoms with E-state index in [9.17, 15) is 0 Å². The van der Waals surface area contributed by atoms with Gasteiger partial charge in [0.05, 0.1) is 0 Å². The summed E-state index contributed by atoms with van der Waals surface area (Å²) < 4.78 is 0. The third-order valence-corrected chi connectivity index (χ3v) is 6.80. The van der Waals surface area contributed by atoms with E-state index in [-0.39, 0.29) is 5.41 Å². The minimum atomic E-state index is 0.262. The van der Waals surface area contributed by atoms with Gasteiger partial charge in [0.2, 0.25) is 0 Å². The van der Waals surface area contributed by atoms with Gasteiger partial charge >= 0.3 is 0 Å². The van der Waals surface area contributed by atoms with E-state index in [1.165, 1.54) is 52.6 Å². The summed E-state index contributed by atoms with van der Waals surface area (Å²) in [4.78, 5) is 0. The van der Waals surface area contributed by atoms with Crippen LogP contribution in [0.3, 0.4) is 0 Å². The highest BCUT2D eigenvalue weighted by Crippen LogP contribution is 2.42. The molecule has 0 saturated heterocycles. The lowest BCUT2D eigenvalue weighted by atomic mass is 9.77. The van der Waals surface area contributed by atoms with Gasteiger partial charge in [0.25, 0.3) is 0 Å². The van der Waals surface area contributed by atoms with Gasteiger partial charge in [0.15, 0.2) is 0 Å². The third-order valence-electron chi connectivity index (χ3n) is 6.80. The third kappa shape index (κ3) is 2.70. The van der Waals surface area contributed by atoms with Gasteiger partial charge in [-0.1, -0.05) is 77.9 Å². The highest BCUT2D eigenvalue weighted by atomic mass is 14.3. The van der Waals surface area contributed by atoms with Crippen molar-refractivity contribution < 1.29 is 0 Å².